The van der Waals surface area contributed by atoms with E-state index in [4.69, 9.17) is 4.74 Å². The van der Waals surface area contributed by atoms with E-state index in [2.05, 4.69) is 5.32 Å². The summed E-state index contributed by atoms with van der Waals surface area (Å²) in [6, 6.07) is 11.4. The fraction of sp³-hybridized carbons (Fsp3) is 0.278. The number of aryl methyl sites for hydroxylation is 1. The van der Waals surface area contributed by atoms with Crippen molar-refractivity contribution >= 4 is 17.3 Å². The summed E-state index contributed by atoms with van der Waals surface area (Å²) in [7, 11) is 0. The Bertz CT molecular complexity index is 741. The van der Waals surface area contributed by atoms with Crippen LogP contribution in [0.2, 0.25) is 0 Å². The first kappa shape index (κ1) is 17.5. The lowest BCUT2D eigenvalue weighted by Gasteiger charge is -2.12. The summed E-state index contributed by atoms with van der Waals surface area (Å²) in [5.41, 5.74) is 1.21. The van der Waals surface area contributed by atoms with E-state index in [-0.39, 0.29) is 17.5 Å². The number of carbonyl (C=O) groups is 1. The number of nitrogens with one attached hydrogen (secondary N) is 1. The van der Waals surface area contributed by atoms with Crippen molar-refractivity contribution in [2.45, 2.75) is 33.3 Å². The molecular weight excluding hydrogens is 308 g/mol. The number of carbonyl (C=O) groups excluding carboxylic acids is 1. The molecule has 0 saturated heterocycles. The molecule has 2 aromatic rings. The van der Waals surface area contributed by atoms with E-state index >= 15 is 0 Å². The third-order valence-electron chi connectivity index (χ3n) is 3.63. The summed E-state index contributed by atoms with van der Waals surface area (Å²) in [4.78, 5) is 22.9. The Kier molecular flexibility index (Phi) is 5.52. The standard InChI is InChI=1S/C18H20N2O4/c1-4-13(3)24-15-8-6-14(7-9-15)18(21)19-16-10-5-12(2)11-17(16)20(22)23/h5-11,13H,4H2,1-3H3,(H,19,21). The van der Waals surface area contributed by atoms with E-state index in [9.17, 15) is 14.9 Å². The molecule has 1 unspecified atom stereocenters. The van der Waals surface area contributed by atoms with Crippen molar-refractivity contribution in [1.29, 1.82) is 0 Å². The number of nitro groups is 1. The van der Waals surface area contributed by atoms with Crippen LogP contribution in [0.5, 0.6) is 5.75 Å². The number of anilines is 1. The Hall–Kier alpha value is -2.89. The first-order valence-corrected chi connectivity index (χ1v) is 7.73. The smallest absolute Gasteiger partial charge is 0.293 e. The minimum absolute atomic E-state index is 0.0971. The zero-order chi connectivity index (χ0) is 17.7. The largest absolute Gasteiger partial charge is 0.491 e. The Morgan fingerprint density at radius 1 is 1.25 bits per heavy atom. The molecule has 0 radical (unpaired) electrons. The van der Waals surface area contributed by atoms with Crippen LogP contribution in [-0.2, 0) is 0 Å². The number of rotatable bonds is 6. The summed E-state index contributed by atoms with van der Waals surface area (Å²) < 4.78 is 5.66. The molecule has 1 atom stereocenters. The topological polar surface area (TPSA) is 81.5 Å². The second-order valence-electron chi connectivity index (χ2n) is 5.59. The molecule has 0 spiro atoms. The van der Waals surface area contributed by atoms with E-state index in [1.165, 1.54) is 12.1 Å². The number of amides is 1. The average molecular weight is 328 g/mol. The highest BCUT2D eigenvalue weighted by Crippen LogP contribution is 2.26. The van der Waals surface area contributed by atoms with Crippen LogP contribution < -0.4 is 10.1 Å². The third kappa shape index (κ3) is 4.32. The van der Waals surface area contributed by atoms with Gasteiger partial charge in [0.1, 0.15) is 11.4 Å². The molecule has 6 nitrogen and oxygen atoms in total. The Balaban J connectivity index is 2.14. The molecule has 2 aromatic carbocycles. The molecule has 0 aliphatic rings. The summed E-state index contributed by atoms with van der Waals surface area (Å²) in [6.07, 6.45) is 0.985. The lowest BCUT2D eigenvalue weighted by atomic mass is 10.1. The molecule has 0 fully saturated rings. The van der Waals surface area contributed by atoms with Crippen molar-refractivity contribution < 1.29 is 14.5 Å². The van der Waals surface area contributed by atoms with Crippen molar-refractivity contribution in [2.75, 3.05) is 5.32 Å². The van der Waals surface area contributed by atoms with E-state index in [1.54, 1.807) is 37.3 Å². The molecule has 0 aromatic heterocycles. The van der Waals surface area contributed by atoms with Gasteiger partial charge in [0.05, 0.1) is 11.0 Å². The molecular formula is C18H20N2O4. The van der Waals surface area contributed by atoms with Crippen LogP contribution in [0.15, 0.2) is 42.5 Å². The van der Waals surface area contributed by atoms with Gasteiger partial charge in [0.2, 0.25) is 0 Å². The molecule has 0 aliphatic carbocycles. The number of ether oxygens (including phenoxy) is 1. The number of hydrogen-bond acceptors (Lipinski definition) is 4. The van der Waals surface area contributed by atoms with E-state index < -0.39 is 10.8 Å². The van der Waals surface area contributed by atoms with Crippen LogP contribution >= 0.6 is 0 Å². The van der Waals surface area contributed by atoms with Crippen molar-refractivity contribution in [2.24, 2.45) is 0 Å². The molecule has 24 heavy (non-hydrogen) atoms. The zero-order valence-electron chi connectivity index (χ0n) is 13.9. The van der Waals surface area contributed by atoms with Gasteiger partial charge >= 0.3 is 0 Å². The second kappa shape index (κ2) is 7.59. The average Bonchev–Trinajstić information content (AvgIpc) is 2.56. The summed E-state index contributed by atoms with van der Waals surface area (Å²) in [6.45, 7) is 5.76. The highest BCUT2D eigenvalue weighted by molar-refractivity contribution is 6.05. The van der Waals surface area contributed by atoms with Gasteiger partial charge in [0, 0.05) is 11.6 Å². The van der Waals surface area contributed by atoms with Gasteiger partial charge in [-0.3, -0.25) is 14.9 Å². The maximum absolute atomic E-state index is 12.3. The molecule has 0 saturated carbocycles. The molecule has 1 amide bonds. The molecule has 126 valence electrons. The first-order valence-electron chi connectivity index (χ1n) is 7.73. The fourth-order valence-electron chi connectivity index (χ4n) is 2.09. The van der Waals surface area contributed by atoms with Crippen molar-refractivity contribution in [3.63, 3.8) is 0 Å². The van der Waals surface area contributed by atoms with E-state index in [0.717, 1.165) is 12.0 Å². The van der Waals surface area contributed by atoms with Crippen LogP contribution in [-0.4, -0.2) is 16.9 Å². The molecule has 2 rings (SSSR count). The van der Waals surface area contributed by atoms with Crippen molar-refractivity contribution in [3.8, 4) is 5.75 Å². The Morgan fingerprint density at radius 3 is 2.50 bits per heavy atom. The first-order chi connectivity index (χ1) is 11.4. The highest BCUT2D eigenvalue weighted by Gasteiger charge is 2.17. The Labute approximate surface area is 140 Å². The van der Waals surface area contributed by atoms with Gasteiger partial charge in [-0.15, -0.1) is 0 Å². The van der Waals surface area contributed by atoms with Gasteiger partial charge in [0.25, 0.3) is 11.6 Å². The maximum atomic E-state index is 12.3. The van der Waals surface area contributed by atoms with Crippen LogP contribution in [0.25, 0.3) is 0 Å². The zero-order valence-corrected chi connectivity index (χ0v) is 13.9. The number of benzene rings is 2. The minimum Gasteiger partial charge on any atom is -0.491 e. The summed E-state index contributed by atoms with van der Waals surface area (Å²) >= 11 is 0. The quantitative estimate of drug-likeness (QED) is 0.632. The summed E-state index contributed by atoms with van der Waals surface area (Å²) in [5.74, 6) is 0.277. The van der Waals surface area contributed by atoms with Crippen LogP contribution in [0, 0.1) is 17.0 Å². The van der Waals surface area contributed by atoms with Gasteiger partial charge in [-0.05, 0) is 56.2 Å². The lowest BCUT2D eigenvalue weighted by Crippen LogP contribution is -2.13. The van der Waals surface area contributed by atoms with Crippen molar-refractivity contribution in [3.05, 3.63) is 63.7 Å². The number of nitro benzene ring substituents is 1. The normalized spacial score (nSPS) is 11.6. The monoisotopic (exact) mass is 328 g/mol. The van der Waals surface area contributed by atoms with Gasteiger partial charge in [-0.25, -0.2) is 0 Å². The lowest BCUT2D eigenvalue weighted by molar-refractivity contribution is -0.384. The predicted molar refractivity (Wildman–Crippen MR) is 92.6 cm³/mol. The Morgan fingerprint density at radius 2 is 1.92 bits per heavy atom. The van der Waals surface area contributed by atoms with Crippen LogP contribution in [0.4, 0.5) is 11.4 Å². The highest BCUT2D eigenvalue weighted by atomic mass is 16.6. The number of hydrogen-bond donors (Lipinski definition) is 1. The second-order valence-corrected chi connectivity index (χ2v) is 5.59. The van der Waals surface area contributed by atoms with Crippen LogP contribution in [0.3, 0.4) is 0 Å². The molecule has 0 aliphatic heterocycles. The fourth-order valence-corrected chi connectivity index (χ4v) is 2.09. The third-order valence-corrected chi connectivity index (χ3v) is 3.63. The molecule has 1 N–H and O–H groups in total. The number of nitrogens with zero attached hydrogens (tertiary/aromatic N) is 1. The van der Waals surface area contributed by atoms with E-state index in [0.29, 0.717) is 11.3 Å². The molecule has 0 bridgehead atoms. The van der Waals surface area contributed by atoms with Crippen molar-refractivity contribution in [1.82, 2.24) is 0 Å². The predicted octanol–water partition coefficient (Wildman–Crippen LogP) is 4.33. The molecule has 0 heterocycles. The molecule has 6 heteroatoms. The van der Waals surface area contributed by atoms with E-state index in [1.807, 2.05) is 13.8 Å². The van der Waals surface area contributed by atoms with Gasteiger partial charge < -0.3 is 10.1 Å². The SMILES string of the molecule is CCC(C)Oc1ccc(C(=O)Nc2ccc(C)cc2[N+](=O)[O-])cc1. The van der Waals surface area contributed by atoms with Crippen LogP contribution in [0.1, 0.15) is 36.2 Å². The van der Waals surface area contributed by atoms with Gasteiger partial charge in [0.15, 0.2) is 0 Å². The minimum atomic E-state index is -0.508. The van der Waals surface area contributed by atoms with Gasteiger partial charge in [-0.2, -0.15) is 0 Å². The summed E-state index contributed by atoms with van der Waals surface area (Å²) in [5, 5.41) is 13.7. The van der Waals surface area contributed by atoms with Gasteiger partial charge in [-0.1, -0.05) is 13.0 Å². The maximum Gasteiger partial charge on any atom is 0.293 e.